The average Bonchev–Trinajstić information content (AvgIpc) is 2.86. The third-order valence-electron chi connectivity index (χ3n) is 3.94. The molecule has 1 aliphatic heterocycles. The summed E-state index contributed by atoms with van der Waals surface area (Å²) in [4.78, 5) is 23.8. The van der Waals surface area contributed by atoms with Crippen molar-refractivity contribution < 1.29 is 22.7 Å². The fourth-order valence-corrected chi connectivity index (χ4v) is 4.45. The molecule has 0 spiro atoms. The highest BCUT2D eigenvalue weighted by Gasteiger charge is 2.29. The molecule has 0 radical (unpaired) electrons. The number of rotatable bonds is 7. The molecule has 1 saturated heterocycles. The van der Waals surface area contributed by atoms with Crippen LogP contribution in [0.5, 0.6) is 0 Å². The van der Waals surface area contributed by atoms with Crippen LogP contribution in [0, 0.1) is 5.92 Å². The Hall–Kier alpha value is -1.89. The van der Waals surface area contributed by atoms with E-state index in [-0.39, 0.29) is 35.7 Å². The number of esters is 1. The Morgan fingerprint density at radius 3 is 2.54 bits per heavy atom. The molecule has 1 heterocycles. The van der Waals surface area contributed by atoms with Crippen LogP contribution in [0.4, 0.5) is 5.69 Å². The van der Waals surface area contributed by atoms with Crippen molar-refractivity contribution in [3.63, 3.8) is 0 Å². The molecule has 7 heteroatoms. The molecule has 2 rings (SSSR count). The minimum absolute atomic E-state index is 0.0863. The van der Waals surface area contributed by atoms with E-state index in [9.17, 15) is 18.0 Å². The summed E-state index contributed by atoms with van der Waals surface area (Å²) in [6, 6.07) is 6.48. The summed E-state index contributed by atoms with van der Waals surface area (Å²) < 4.78 is 27.9. The molecule has 0 saturated carbocycles. The predicted octanol–water partition coefficient (Wildman–Crippen LogP) is 2.41. The normalized spacial score (nSPS) is 19.0. The van der Waals surface area contributed by atoms with Crippen LogP contribution < -0.4 is 5.32 Å². The Morgan fingerprint density at radius 1 is 1.25 bits per heavy atom. The zero-order chi connectivity index (χ0) is 17.6. The zero-order valence-electron chi connectivity index (χ0n) is 13.8. The monoisotopic (exact) mass is 353 g/mol. The highest BCUT2D eigenvalue weighted by molar-refractivity contribution is 7.91. The van der Waals surface area contributed by atoms with E-state index in [1.54, 1.807) is 24.3 Å². The molecule has 1 atom stereocenters. The Morgan fingerprint density at radius 2 is 1.96 bits per heavy atom. The topological polar surface area (TPSA) is 89.5 Å². The zero-order valence-corrected chi connectivity index (χ0v) is 14.6. The van der Waals surface area contributed by atoms with Gasteiger partial charge >= 0.3 is 5.97 Å². The van der Waals surface area contributed by atoms with Gasteiger partial charge in [-0.3, -0.25) is 4.79 Å². The van der Waals surface area contributed by atoms with Gasteiger partial charge < -0.3 is 10.1 Å². The van der Waals surface area contributed by atoms with Gasteiger partial charge in [-0.25, -0.2) is 13.2 Å². The van der Waals surface area contributed by atoms with E-state index < -0.39 is 9.84 Å². The lowest BCUT2D eigenvalue weighted by molar-refractivity contribution is -0.116. The van der Waals surface area contributed by atoms with E-state index in [2.05, 4.69) is 5.32 Å². The van der Waals surface area contributed by atoms with Crippen LogP contribution in [0.15, 0.2) is 24.3 Å². The number of hydrogen-bond acceptors (Lipinski definition) is 5. The van der Waals surface area contributed by atoms with Gasteiger partial charge in [-0.05, 0) is 43.0 Å². The van der Waals surface area contributed by atoms with Gasteiger partial charge in [0.2, 0.25) is 5.91 Å². The molecular weight excluding hydrogens is 330 g/mol. The van der Waals surface area contributed by atoms with E-state index in [4.69, 9.17) is 4.74 Å². The summed E-state index contributed by atoms with van der Waals surface area (Å²) in [6.45, 7) is 2.42. The summed E-state index contributed by atoms with van der Waals surface area (Å²) in [6.07, 6.45) is 2.52. The molecule has 1 fully saturated rings. The minimum atomic E-state index is -2.97. The maximum Gasteiger partial charge on any atom is 0.338 e. The second kappa shape index (κ2) is 8.28. The predicted molar refractivity (Wildman–Crippen MR) is 91.6 cm³/mol. The van der Waals surface area contributed by atoms with Crippen LogP contribution >= 0.6 is 0 Å². The lowest BCUT2D eigenvalue weighted by atomic mass is 10.0. The van der Waals surface area contributed by atoms with Crippen LogP contribution in [0.1, 0.15) is 43.0 Å². The van der Waals surface area contributed by atoms with Gasteiger partial charge in [0.15, 0.2) is 9.84 Å². The fourth-order valence-electron chi connectivity index (χ4n) is 2.59. The number of anilines is 1. The number of sulfone groups is 1. The van der Waals surface area contributed by atoms with Gasteiger partial charge in [0, 0.05) is 12.1 Å². The molecule has 1 amide bonds. The first-order valence-electron chi connectivity index (χ1n) is 8.17. The van der Waals surface area contributed by atoms with E-state index in [0.717, 1.165) is 12.8 Å². The van der Waals surface area contributed by atoms with Crippen LogP contribution in [-0.2, 0) is 19.4 Å². The maximum absolute atomic E-state index is 12.0. The lowest BCUT2D eigenvalue weighted by Gasteiger charge is -2.09. The van der Waals surface area contributed by atoms with Crippen molar-refractivity contribution in [1.29, 1.82) is 0 Å². The van der Waals surface area contributed by atoms with Crippen molar-refractivity contribution in [3.05, 3.63) is 29.8 Å². The number of carbonyl (C=O) groups is 2. The molecule has 1 aliphatic rings. The number of amides is 1. The maximum atomic E-state index is 12.0. The Labute approximate surface area is 142 Å². The quantitative estimate of drug-likeness (QED) is 0.600. The number of benzene rings is 1. The van der Waals surface area contributed by atoms with Crippen LogP contribution in [0.3, 0.4) is 0 Å². The van der Waals surface area contributed by atoms with E-state index in [1.807, 2.05) is 6.92 Å². The largest absolute Gasteiger partial charge is 0.462 e. The first-order chi connectivity index (χ1) is 11.4. The van der Waals surface area contributed by atoms with Crippen molar-refractivity contribution in [3.8, 4) is 0 Å². The first kappa shape index (κ1) is 18.4. The summed E-state index contributed by atoms with van der Waals surface area (Å²) in [5.74, 6) is -0.446. The Balaban J connectivity index is 1.83. The second-order valence-electron chi connectivity index (χ2n) is 6.09. The number of hydrogen-bond donors (Lipinski definition) is 1. The van der Waals surface area contributed by atoms with E-state index in [0.29, 0.717) is 24.3 Å². The van der Waals surface area contributed by atoms with Crippen molar-refractivity contribution >= 4 is 27.4 Å². The second-order valence-corrected chi connectivity index (χ2v) is 8.32. The summed E-state index contributed by atoms with van der Waals surface area (Å²) >= 11 is 0. The average molecular weight is 353 g/mol. The van der Waals surface area contributed by atoms with Crippen molar-refractivity contribution in [1.82, 2.24) is 0 Å². The first-order valence-corrected chi connectivity index (χ1v) is 9.99. The highest BCUT2D eigenvalue weighted by Crippen LogP contribution is 2.22. The van der Waals surface area contributed by atoms with Gasteiger partial charge in [0.25, 0.3) is 0 Å². The molecule has 24 heavy (non-hydrogen) atoms. The molecular formula is C17H23NO5S. The molecule has 1 N–H and O–H groups in total. The smallest absolute Gasteiger partial charge is 0.338 e. The van der Waals surface area contributed by atoms with Crippen LogP contribution in [0.2, 0.25) is 0 Å². The van der Waals surface area contributed by atoms with Crippen molar-refractivity contribution in [2.24, 2.45) is 5.92 Å². The minimum Gasteiger partial charge on any atom is -0.462 e. The number of unbranched alkanes of at least 4 members (excludes halogenated alkanes) is 1. The Kier molecular flexibility index (Phi) is 6.36. The molecule has 0 aliphatic carbocycles. The van der Waals surface area contributed by atoms with Crippen LogP contribution in [0.25, 0.3) is 0 Å². The third kappa shape index (κ3) is 5.63. The third-order valence-corrected chi connectivity index (χ3v) is 5.77. The molecule has 6 nitrogen and oxygen atoms in total. The number of nitrogens with one attached hydrogen (secondary N) is 1. The fraction of sp³-hybridized carbons (Fsp3) is 0.529. The van der Waals surface area contributed by atoms with Gasteiger partial charge in [-0.1, -0.05) is 13.3 Å². The number of ether oxygens (including phenoxy) is 1. The SMILES string of the molecule is CCCCOC(=O)c1ccc(NC(=O)CC2CCS(=O)(=O)C2)cc1. The van der Waals surface area contributed by atoms with E-state index in [1.165, 1.54) is 0 Å². The molecule has 1 aromatic rings. The molecule has 1 aromatic carbocycles. The van der Waals surface area contributed by atoms with Crippen molar-refractivity contribution in [2.45, 2.75) is 32.6 Å². The van der Waals surface area contributed by atoms with Gasteiger partial charge in [-0.2, -0.15) is 0 Å². The van der Waals surface area contributed by atoms with Crippen molar-refractivity contribution in [2.75, 3.05) is 23.4 Å². The highest BCUT2D eigenvalue weighted by atomic mass is 32.2. The molecule has 0 bridgehead atoms. The number of carbonyl (C=O) groups excluding carboxylic acids is 2. The lowest BCUT2D eigenvalue weighted by Crippen LogP contribution is -2.17. The standard InChI is InChI=1S/C17H23NO5S/c1-2-3-9-23-17(20)14-4-6-15(7-5-14)18-16(19)11-13-8-10-24(21,22)12-13/h4-7,13H,2-3,8-12H2,1H3,(H,18,19). The van der Waals surface area contributed by atoms with Gasteiger partial charge in [0.05, 0.1) is 23.7 Å². The molecule has 0 aromatic heterocycles. The van der Waals surface area contributed by atoms with Gasteiger partial charge in [0.1, 0.15) is 0 Å². The summed E-state index contributed by atoms with van der Waals surface area (Å²) in [5.41, 5.74) is 1.01. The van der Waals surface area contributed by atoms with Gasteiger partial charge in [-0.15, -0.1) is 0 Å². The molecule has 132 valence electrons. The Bertz CT molecular complexity index is 681. The van der Waals surface area contributed by atoms with E-state index >= 15 is 0 Å². The van der Waals surface area contributed by atoms with Crippen LogP contribution in [-0.4, -0.2) is 38.4 Å². The molecule has 1 unspecified atom stereocenters. The summed E-state index contributed by atoms with van der Waals surface area (Å²) in [5, 5.41) is 2.73. The summed E-state index contributed by atoms with van der Waals surface area (Å²) in [7, 11) is -2.97.